The molecule has 0 fully saturated rings. The second-order valence-electron chi connectivity index (χ2n) is 0. The first kappa shape index (κ1) is 24.6. The Morgan fingerprint density at radius 2 is 1.25 bits per heavy atom. The molecule has 14 valence electrons. The minimum absolute atomic E-state index is 0. The van der Waals surface area contributed by atoms with Crippen LogP contribution in [0.5, 0.6) is 0 Å². The molecule has 4 heavy (non-hydrogen) atoms. The van der Waals surface area contributed by atoms with Crippen LogP contribution in [0.1, 0.15) is 5.71 Å². The molecule has 0 spiro atoms. The van der Waals surface area contributed by atoms with Crippen molar-refractivity contribution in [2.45, 2.75) is 0 Å². The molecule has 0 unspecified atom stereocenters. The fourth-order valence-electron chi connectivity index (χ4n) is 0. The van der Waals surface area contributed by atoms with Crippen molar-refractivity contribution in [2.75, 3.05) is 0 Å². The molecule has 0 aromatic carbocycles. The fourth-order valence-corrected chi connectivity index (χ4v) is 0. The maximum absolute atomic E-state index is 0. The van der Waals surface area contributed by atoms with Gasteiger partial charge in [-0.15, -0.1) is 0 Å². The average molecular weight is 120 g/mol. The van der Waals surface area contributed by atoms with Gasteiger partial charge in [0.05, 0.1) is 0 Å². The van der Waals surface area contributed by atoms with Gasteiger partial charge in [0.1, 0.15) is 0 Å². The summed E-state index contributed by atoms with van der Waals surface area (Å²) in [5.74, 6) is 0. The van der Waals surface area contributed by atoms with Crippen molar-refractivity contribution < 1.29 is 86.6 Å². The Morgan fingerprint density at radius 1 is 1.25 bits per heavy atom. The maximum atomic E-state index is 0. The van der Waals surface area contributed by atoms with Crippen LogP contribution in [0.25, 0.3) is 0 Å². The summed E-state index contributed by atoms with van der Waals surface area (Å²) in [6, 6.07) is 0. The van der Waals surface area contributed by atoms with Crippen LogP contribution in [0.15, 0.2) is 0 Å². The quantitative estimate of drug-likeness (QED) is 0.279. The summed E-state index contributed by atoms with van der Waals surface area (Å²) in [5, 5.41) is 0. The van der Waals surface area contributed by atoms with Gasteiger partial charge in [-0.05, 0) is 0 Å². The van der Waals surface area contributed by atoms with Crippen LogP contribution < -0.4 is 80.9 Å². The fraction of sp³-hybridized carbons (Fsp3) is 0. The zero-order chi connectivity index (χ0) is 0. The third kappa shape index (κ3) is 9.33. The Kier molecular flexibility index (Phi) is 97.2. The van der Waals surface area contributed by atoms with Crippen molar-refractivity contribution in [3.63, 3.8) is 0 Å². The first-order valence-electron chi connectivity index (χ1n) is 0. The van der Waals surface area contributed by atoms with E-state index in [-0.39, 0.29) is 127 Å². The predicted octanol–water partition coefficient (Wildman–Crippen LogP) is -7.11. The van der Waals surface area contributed by atoms with E-state index in [1.165, 1.54) is 0 Å². The summed E-state index contributed by atoms with van der Waals surface area (Å²) in [7, 11) is 0. The van der Waals surface area contributed by atoms with Gasteiger partial charge in [-0.2, -0.15) is 0 Å². The van der Waals surface area contributed by atoms with Crippen molar-refractivity contribution >= 4 is 40.4 Å². The van der Waals surface area contributed by atoms with Gasteiger partial charge < -0.3 is 5.71 Å². The van der Waals surface area contributed by atoms with E-state index in [1.54, 1.807) is 0 Å². The first-order chi connectivity index (χ1) is 0. The molecule has 0 heterocycles. The summed E-state index contributed by atoms with van der Waals surface area (Å²) in [6.45, 7) is 0. The van der Waals surface area contributed by atoms with E-state index in [9.17, 15) is 0 Å². The van der Waals surface area contributed by atoms with Crippen molar-refractivity contribution in [3.8, 4) is 0 Å². The molecule has 0 saturated heterocycles. The molecule has 0 amide bonds. The van der Waals surface area contributed by atoms with Crippen molar-refractivity contribution in [1.29, 1.82) is 0 Å². The topological polar surface area (TPSA) is 0 Å². The van der Waals surface area contributed by atoms with Crippen molar-refractivity contribution in [1.82, 2.24) is 0 Å². The zero-order valence-electron chi connectivity index (χ0n) is 6.71. The number of hydrogen-bond donors (Lipinski definition) is 0. The molecule has 0 radical (unpaired) electrons. The molecule has 0 aliphatic heterocycles. The third-order valence-corrected chi connectivity index (χ3v) is 0. The molecule has 0 rings (SSSR count). The van der Waals surface area contributed by atoms with Crippen molar-refractivity contribution in [3.05, 3.63) is 0 Å². The van der Waals surface area contributed by atoms with Gasteiger partial charge >= 0.3 is 104 Å². The molecule has 0 aliphatic rings. The van der Waals surface area contributed by atoms with E-state index in [4.69, 9.17) is 0 Å². The largest absolute Gasteiger partial charge is 2.00 e. The third-order valence-electron chi connectivity index (χ3n) is 0. The summed E-state index contributed by atoms with van der Waals surface area (Å²) in [5.41, 5.74) is 0. The van der Waals surface area contributed by atoms with Crippen molar-refractivity contribution in [2.24, 2.45) is 0 Å². The number of hydrogen-bond acceptors (Lipinski definition) is 0. The molecule has 4 heteroatoms. The predicted molar refractivity (Wildman–Crippen MR) is 20.1 cm³/mol. The number of rotatable bonds is 0. The standard InChI is InChI=1S/Al.K.Mg.Na.7H/q;+1;+2;+1;;;;4*-1. The van der Waals surface area contributed by atoms with Crippen LogP contribution in [-0.4, -0.2) is 40.4 Å². The summed E-state index contributed by atoms with van der Waals surface area (Å²) < 4.78 is 0. The molecule has 0 aliphatic carbocycles. The van der Waals surface area contributed by atoms with Gasteiger partial charge in [-0.25, -0.2) is 0 Å². The van der Waals surface area contributed by atoms with Crippen LogP contribution in [0, 0.1) is 0 Å². The molecular weight excluding hydrogens is 113 g/mol. The Bertz CT molecular complexity index is 16.0. The Labute approximate surface area is 124 Å². The van der Waals surface area contributed by atoms with Gasteiger partial charge in [0, 0.05) is 0 Å². The molecule has 0 N–H and O–H groups in total. The molecule has 0 nitrogen and oxygen atoms in total. The van der Waals surface area contributed by atoms with E-state index in [1.807, 2.05) is 0 Å². The Balaban J connectivity index is 0. The van der Waals surface area contributed by atoms with E-state index in [2.05, 4.69) is 0 Å². The minimum atomic E-state index is 0. The van der Waals surface area contributed by atoms with E-state index in [0.29, 0.717) is 0 Å². The summed E-state index contributed by atoms with van der Waals surface area (Å²) in [4.78, 5) is 0. The zero-order valence-corrected chi connectivity index (χ0v) is 9.24. The van der Waals surface area contributed by atoms with Crippen LogP contribution in [0.2, 0.25) is 0 Å². The second kappa shape index (κ2) is 15.8. The van der Waals surface area contributed by atoms with Gasteiger partial charge in [-0.3, -0.25) is 0 Å². The van der Waals surface area contributed by atoms with Gasteiger partial charge in [0.2, 0.25) is 0 Å². The monoisotopic (exact) mass is 120 g/mol. The Hall–Kier alpha value is 3.94. The van der Waals surface area contributed by atoms with E-state index < -0.39 is 0 Å². The molecule has 0 atom stereocenters. The van der Waals surface area contributed by atoms with E-state index >= 15 is 0 Å². The van der Waals surface area contributed by atoms with Crippen LogP contribution in [0.3, 0.4) is 0 Å². The molecule has 0 aromatic rings. The molecule has 0 bridgehead atoms. The first-order valence-corrected chi connectivity index (χ1v) is 0. The molecule has 0 aromatic heterocycles. The van der Waals surface area contributed by atoms with Crippen LogP contribution in [-0.2, 0) is 0 Å². The second-order valence-corrected chi connectivity index (χ2v) is 0. The SMILES string of the molecule is [AlH3].[H-].[H-].[H-].[H-].[K+].[Mg+2].[Na+]. The Morgan fingerprint density at radius 3 is 1.25 bits per heavy atom. The average Bonchev–Trinajstić information content (AvgIpc) is 0. The van der Waals surface area contributed by atoms with Crippen LogP contribution in [0.4, 0.5) is 0 Å². The maximum Gasteiger partial charge on any atom is 2.00 e. The smallest absolute Gasteiger partial charge is 1.00 e. The molecule has 0 saturated carbocycles. The minimum Gasteiger partial charge on any atom is -1.00 e. The van der Waals surface area contributed by atoms with Crippen LogP contribution >= 0.6 is 0 Å². The molecular formula is H7AlKMgNa. The van der Waals surface area contributed by atoms with Gasteiger partial charge in [0.25, 0.3) is 0 Å². The van der Waals surface area contributed by atoms with Gasteiger partial charge in [-0.1, -0.05) is 0 Å². The summed E-state index contributed by atoms with van der Waals surface area (Å²) >= 11 is 0. The normalized spacial score (nSPS) is 0. The summed E-state index contributed by atoms with van der Waals surface area (Å²) in [6.07, 6.45) is 0. The van der Waals surface area contributed by atoms with Gasteiger partial charge in [0.15, 0.2) is 17.4 Å². The van der Waals surface area contributed by atoms with E-state index in [0.717, 1.165) is 0 Å².